The van der Waals surface area contributed by atoms with Gasteiger partial charge < -0.3 is 19.3 Å². The van der Waals surface area contributed by atoms with E-state index < -0.39 is 0 Å². The molecule has 0 bridgehead atoms. The van der Waals surface area contributed by atoms with E-state index in [-0.39, 0.29) is 42.3 Å². The molecular weight excluding hydrogens is 326 g/mol. The van der Waals surface area contributed by atoms with Crippen molar-refractivity contribution in [1.29, 1.82) is 0 Å². The maximum absolute atomic E-state index is 12.7. The number of likely N-dealkylation sites (N-methyl/N-ethyl adjacent to an activating group) is 1. The second-order valence-corrected chi connectivity index (χ2v) is 6.86. The summed E-state index contributed by atoms with van der Waals surface area (Å²) in [6.07, 6.45) is 3.18. The molecule has 1 saturated heterocycles. The standard InChI is InChI=1S/C16H25N5O4/c1-19(2)14(22)9-24-8-11-6-12-13(7-11)25-5-4-21(12)16(23)15-17-10-20(3)18-15/h10-13H,4-9H2,1-3H3/t11-,12+,13-/m0/s1. The highest BCUT2D eigenvalue weighted by Crippen LogP contribution is 2.34. The minimum absolute atomic E-state index is 0.0135. The third-order valence-corrected chi connectivity index (χ3v) is 4.76. The fourth-order valence-electron chi connectivity index (χ4n) is 3.45. The Balaban J connectivity index is 1.57. The van der Waals surface area contributed by atoms with Gasteiger partial charge in [-0.15, -0.1) is 5.10 Å². The summed E-state index contributed by atoms with van der Waals surface area (Å²) in [7, 11) is 5.15. The summed E-state index contributed by atoms with van der Waals surface area (Å²) in [5.41, 5.74) is 0. The number of aryl methyl sites for hydroxylation is 1. The van der Waals surface area contributed by atoms with Gasteiger partial charge >= 0.3 is 0 Å². The summed E-state index contributed by atoms with van der Waals surface area (Å²) >= 11 is 0. The molecule has 25 heavy (non-hydrogen) atoms. The third kappa shape index (κ3) is 3.98. The first-order valence-corrected chi connectivity index (χ1v) is 8.51. The van der Waals surface area contributed by atoms with Gasteiger partial charge in [0.1, 0.15) is 12.9 Å². The minimum atomic E-state index is -0.150. The molecule has 0 spiro atoms. The van der Waals surface area contributed by atoms with Crippen LogP contribution in [0.4, 0.5) is 0 Å². The Kier molecular flexibility index (Phi) is 5.33. The molecule has 138 valence electrons. The average Bonchev–Trinajstić information content (AvgIpc) is 3.19. The van der Waals surface area contributed by atoms with Gasteiger partial charge in [-0.05, 0) is 18.8 Å². The number of hydrogen-bond donors (Lipinski definition) is 0. The Morgan fingerprint density at radius 3 is 2.88 bits per heavy atom. The van der Waals surface area contributed by atoms with Crippen LogP contribution in [0.5, 0.6) is 0 Å². The highest BCUT2D eigenvalue weighted by molar-refractivity contribution is 5.90. The number of ether oxygens (including phenoxy) is 2. The quantitative estimate of drug-likeness (QED) is 0.713. The lowest BCUT2D eigenvalue weighted by Crippen LogP contribution is -2.51. The molecular formula is C16H25N5O4. The van der Waals surface area contributed by atoms with Crippen molar-refractivity contribution in [3.63, 3.8) is 0 Å². The third-order valence-electron chi connectivity index (χ3n) is 4.76. The summed E-state index contributed by atoms with van der Waals surface area (Å²) in [6.45, 7) is 1.65. The van der Waals surface area contributed by atoms with E-state index in [2.05, 4.69) is 10.1 Å². The summed E-state index contributed by atoms with van der Waals surface area (Å²) in [5, 5.41) is 4.11. The lowest BCUT2D eigenvalue weighted by Gasteiger charge is -2.36. The number of aromatic nitrogens is 3. The molecule has 9 heteroatoms. The Morgan fingerprint density at radius 2 is 2.20 bits per heavy atom. The van der Waals surface area contributed by atoms with Crippen LogP contribution in [-0.4, -0.2) is 89.0 Å². The van der Waals surface area contributed by atoms with Crippen molar-refractivity contribution in [3.8, 4) is 0 Å². The van der Waals surface area contributed by atoms with E-state index in [0.717, 1.165) is 12.8 Å². The van der Waals surface area contributed by atoms with Crippen molar-refractivity contribution >= 4 is 11.8 Å². The first kappa shape index (κ1) is 17.8. The zero-order valence-electron chi connectivity index (χ0n) is 14.9. The summed E-state index contributed by atoms with van der Waals surface area (Å²) in [6, 6.07) is 0.0169. The zero-order chi connectivity index (χ0) is 18.0. The van der Waals surface area contributed by atoms with Gasteiger partial charge in [-0.3, -0.25) is 14.3 Å². The molecule has 9 nitrogen and oxygen atoms in total. The number of amides is 2. The SMILES string of the molecule is CN(C)C(=O)COC[C@@H]1C[C@@H]2OCCN(C(=O)c3ncn(C)n3)[C@@H]2C1. The molecule has 0 unspecified atom stereocenters. The van der Waals surface area contributed by atoms with E-state index in [1.54, 1.807) is 21.1 Å². The molecule has 2 aliphatic rings. The van der Waals surface area contributed by atoms with Gasteiger partial charge in [-0.1, -0.05) is 0 Å². The maximum Gasteiger partial charge on any atom is 0.293 e. The van der Waals surface area contributed by atoms with Gasteiger partial charge in [0.15, 0.2) is 0 Å². The van der Waals surface area contributed by atoms with E-state index in [1.807, 2.05) is 4.90 Å². The van der Waals surface area contributed by atoms with Crippen molar-refractivity contribution < 1.29 is 19.1 Å². The van der Waals surface area contributed by atoms with Gasteiger partial charge in [0.05, 0.1) is 25.4 Å². The van der Waals surface area contributed by atoms with Crippen LogP contribution >= 0.6 is 0 Å². The van der Waals surface area contributed by atoms with E-state index in [0.29, 0.717) is 19.8 Å². The molecule has 0 radical (unpaired) electrons. The molecule has 1 aliphatic carbocycles. The van der Waals surface area contributed by atoms with E-state index in [4.69, 9.17) is 9.47 Å². The minimum Gasteiger partial charge on any atom is -0.374 e. The predicted molar refractivity (Wildman–Crippen MR) is 87.8 cm³/mol. The summed E-state index contributed by atoms with van der Waals surface area (Å²) < 4.78 is 12.9. The van der Waals surface area contributed by atoms with Crippen molar-refractivity contribution in [2.24, 2.45) is 13.0 Å². The lowest BCUT2D eigenvalue weighted by atomic mass is 10.1. The topological polar surface area (TPSA) is 89.8 Å². The first-order chi connectivity index (χ1) is 12.0. The van der Waals surface area contributed by atoms with Crippen molar-refractivity contribution in [2.75, 3.05) is 40.5 Å². The lowest BCUT2D eigenvalue weighted by molar-refractivity contribution is -0.134. The molecule has 2 amide bonds. The number of rotatable bonds is 5. The molecule has 1 aromatic heterocycles. The Labute approximate surface area is 146 Å². The first-order valence-electron chi connectivity index (χ1n) is 8.51. The summed E-state index contributed by atoms with van der Waals surface area (Å²) in [5.74, 6) is 0.294. The summed E-state index contributed by atoms with van der Waals surface area (Å²) in [4.78, 5) is 31.7. The van der Waals surface area contributed by atoms with E-state index >= 15 is 0 Å². The number of hydrogen-bond acceptors (Lipinski definition) is 6. The molecule has 2 heterocycles. The maximum atomic E-state index is 12.7. The van der Waals surface area contributed by atoms with Crippen LogP contribution in [0.1, 0.15) is 23.5 Å². The highest BCUT2D eigenvalue weighted by atomic mass is 16.5. The number of morpholine rings is 1. The Bertz CT molecular complexity index is 632. The molecule has 1 saturated carbocycles. The van der Waals surface area contributed by atoms with Gasteiger partial charge in [-0.25, -0.2) is 4.98 Å². The highest BCUT2D eigenvalue weighted by Gasteiger charge is 2.43. The second kappa shape index (κ2) is 7.49. The van der Waals surface area contributed by atoms with Gasteiger partial charge in [0.25, 0.3) is 5.91 Å². The predicted octanol–water partition coefficient (Wildman–Crippen LogP) is -0.460. The fourth-order valence-corrected chi connectivity index (χ4v) is 3.45. The molecule has 0 N–H and O–H groups in total. The fraction of sp³-hybridized carbons (Fsp3) is 0.750. The Morgan fingerprint density at radius 1 is 1.40 bits per heavy atom. The number of nitrogens with zero attached hydrogens (tertiary/aromatic N) is 5. The van der Waals surface area contributed by atoms with Crippen LogP contribution < -0.4 is 0 Å². The monoisotopic (exact) mass is 351 g/mol. The van der Waals surface area contributed by atoms with Gasteiger partial charge in [-0.2, -0.15) is 0 Å². The van der Waals surface area contributed by atoms with Crippen LogP contribution in [0.2, 0.25) is 0 Å². The Hall–Kier alpha value is -2.00. The van der Waals surface area contributed by atoms with Crippen LogP contribution in [0.25, 0.3) is 0 Å². The van der Waals surface area contributed by atoms with Crippen molar-refractivity contribution in [3.05, 3.63) is 12.2 Å². The molecule has 2 fully saturated rings. The molecule has 1 aliphatic heterocycles. The normalized spacial score (nSPS) is 25.7. The average molecular weight is 351 g/mol. The second-order valence-electron chi connectivity index (χ2n) is 6.86. The van der Waals surface area contributed by atoms with Crippen LogP contribution in [0.3, 0.4) is 0 Å². The smallest absolute Gasteiger partial charge is 0.293 e. The van der Waals surface area contributed by atoms with Crippen molar-refractivity contribution in [2.45, 2.75) is 25.0 Å². The number of carbonyl (C=O) groups excluding carboxylic acids is 2. The molecule has 0 aromatic carbocycles. The van der Waals surface area contributed by atoms with Crippen molar-refractivity contribution in [1.82, 2.24) is 24.6 Å². The van der Waals surface area contributed by atoms with Crippen LogP contribution in [0.15, 0.2) is 6.33 Å². The molecule has 1 aromatic rings. The number of carbonyl (C=O) groups is 2. The largest absolute Gasteiger partial charge is 0.374 e. The van der Waals surface area contributed by atoms with Crippen LogP contribution in [0, 0.1) is 5.92 Å². The number of fused-ring (bicyclic) bond motifs is 1. The van der Waals surface area contributed by atoms with E-state index in [9.17, 15) is 9.59 Å². The molecule has 3 rings (SSSR count). The molecule has 3 atom stereocenters. The zero-order valence-corrected chi connectivity index (χ0v) is 14.9. The van der Waals surface area contributed by atoms with Gasteiger partial charge in [0.2, 0.25) is 11.7 Å². The van der Waals surface area contributed by atoms with Gasteiger partial charge in [0, 0.05) is 27.7 Å². The van der Waals surface area contributed by atoms with E-state index in [1.165, 1.54) is 15.9 Å². The van der Waals surface area contributed by atoms with Crippen LogP contribution in [-0.2, 0) is 21.3 Å².